The Morgan fingerprint density at radius 1 is 1.53 bits per heavy atom. The zero-order valence-electron chi connectivity index (χ0n) is 9.14. The molecule has 0 atom stereocenters. The van der Waals surface area contributed by atoms with Crippen molar-refractivity contribution < 1.29 is 4.79 Å². The van der Waals surface area contributed by atoms with Crippen LogP contribution in [0.5, 0.6) is 0 Å². The molecule has 0 N–H and O–H groups in total. The van der Waals surface area contributed by atoms with Crippen molar-refractivity contribution in [2.75, 3.05) is 13.6 Å². The molecular formula is C11H17ClN2O. The molecular weight excluding hydrogens is 212 g/mol. The zero-order valence-corrected chi connectivity index (χ0v) is 9.96. The summed E-state index contributed by atoms with van der Waals surface area (Å²) in [7, 11) is 1.82. The summed E-state index contributed by atoms with van der Waals surface area (Å²) in [6, 6.07) is 3.57. The van der Waals surface area contributed by atoms with E-state index in [2.05, 4.69) is 11.9 Å². The molecule has 0 aliphatic carbocycles. The first kappa shape index (κ1) is 13.9. The third-order valence-corrected chi connectivity index (χ3v) is 2.10. The van der Waals surface area contributed by atoms with Crippen LogP contribution in [0, 0.1) is 0 Å². The third kappa shape index (κ3) is 4.30. The van der Waals surface area contributed by atoms with Crippen molar-refractivity contribution in [3.63, 3.8) is 0 Å². The number of aromatic nitrogens is 1. The van der Waals surface area contributed by atoms with Crippen molar-refractivity contribution in [3.8, 4) is 0 Å². The topological polar surface area (TPSA) is 33.2 Å². The Kier molecular flexibility index (Phi) is 6.71. The molecule has 0 aromatic carbocycles. The first-order chi connectivity index (χ1) is 6.75. The van der Waals surface area contributed by atoms with E-state index in [1.54, 1.807) is 29.4 Å². The highest BCUT2D eigenvalue weighted by Gasteiger charge is 2.09. The Hall–Kier alpha value is -1.09. The van der Waals surface area contributed by atoms with E-state index in [9.17, 15) is 4.79 Å². The van der Waals surface area contributed by atoms with E-state index >= 15 is 0 Å². The van der Waals surface area contributed by atoms with Crippen molar-refractivity contribution in [1.82, 2.24) is 9.88 Å². The fourth-order valence-corrected chi connectivity index (χ4v) is 1.21. The largest absolute Gasteiger partial charge is 0.342 e. The number of carbonyl (C=O) groups is 1. The van der Waals surface area contributed by atoms with E-state index in [-0.39, 0.29) is 18.3 Å². The van der Waals surface area contributed by atoms with Crippen molar-refractivity contribution in [3.05, 3.63) is 30.1 Å². The van der Waals surface area contributed by atoms with Crippen molar-refractivity contribution in [2.45, 2.75) is 19.8 Å². The minimum atomic E-state index is 0. The normalized spacial score (nSPS) is 9.20. The van der Waals surface area contributed by atoms with Crippen LogP contribution in [0.15, 0.2) is 24.5 Å². The molecule has 1 aromatic rings. The minimum absolute atomic E-state index is 0. The molecule has 0 saturated carbocycles. The van der Waals surface area contributed by atoms with Crippen LogP contribution in [-0.2, 0) is 0 Å². The highest BCUT2D eigenvalue weighted by atomic mass is 35.5. The van der Waals surface area contributed by atoms with Gasteiger partial charge in [-0.15, -0.1) is 12.4 Å². The summed E-state index contributed by atoms with van der Waals surface area (Å²) in [6.45, 7) is 2.92. The Morgan fingerprint density at radius 3 is 2.80 bits per heavy atom. The molecule has 0 aliphatic heterocycles. The number of unbranched alkanes of at least 4 members (excludes halogenated alkanes) is 1. The van der Waals surface area contributed by atoms with E-state index in [1.165, 1.54) is 0 Å². The van der Waals surface area contributed by atoms with E-state index in [0.29, 0.717) is 5.56 Å². The summed E-state index contributed by atoms with van der Waals surface area (Å²) < 4.78 is 0. The van der Waals surface area contributed by atoms with E-state index in [0.717, 1.165) is 19.4 Å². The standard InChI is InChI=1S/C11H16N2O.ClH/c1-3-4-8-13(2)11(14)10-6-5-7-12-9-10;/h5-7,9H,3-4,8H2,1-2H3;1H. The molecule has 1 rings (SSSR count). The van der Waals surface area contributed by atoms with Gasteiger partial charge in [-0.3, -0.25) is 9.78 Å². The number of hydrogen-bond donors (Lipinski definition) is 0. The van der Waals surface area contributed by atoms with Gasteiger partial charge in [0.1, 0.15) is 0 Å². The van der Waals surface area contributed by atoms with Gasteiger partial charge in [-0.2, -0.15) is 0 Å². The number of hydrogen-bond acceptors (Lipinski definition) is 2. The average Bonchev–Trinajstić information content (AvgIpc) is 2.26. The molecule has 1 heterocycles. The first-order valence-corrected chi connectivity index (χ1v) is 4.91. The van der Waals surface area contributed by atoms with Gasteiger partial charge < -0.3 is 4.90 Å². The maximum absolute atomic E-state index is 11.7. The van der Waals surface area contributed by atoms with Crippen molar-refractivity contribution >= 4 is 18.3 Å². The fourth-order valence-electron chi connectivity index (χ4n) is 1.21. The van der Waals surface area contributed by atoms with Crippen LogP contribution in [0.25, 0.3) is 0 Å². The van der Waals surface area contributed by atoms with Crippen LogP contribution in [0.1, 0.15) is 30.1 Å². The molecule has 84 valence electrons. The van der Waals surface area contributed by atoms with Gasteiger partial charge in [0.25, 0.3) is 5.91 Å². The van der Waals surface area contributed by atoms with Crippen LogP contribution in [0.3, 0.4) is 0 Å². The maximum Gasteiger partial charge on any atom is 0.255 e. The summed E-state index contributed by atoms with van der Waals surface area (Å²) in [5, 5.41) is 0. The molecule has 4 heteroatoms. The van der Waals surface area contributed by atoms with E-state index < -0.39 is 0 Å². The molecule has 1 amide bonds. The monoisotopic (exact) mass is 228 g/mol. The molecule has 0 fully saturated rings. The van der Waals surface area contributed by atoms with Gasteiger partial charge in [0.2, 0.25) is 0 Å². The number of amides is 1. The third-order valence-electron chi connectivity index (χ3n) is 2.10. The molecule has 1 aromatic heterocycles. The lowest BCUT2D eigenvalue weighted by molar-refractivity contribution is 0.0793. The minimum Gasteiger partial charge on any atom is -0.342 e. The first-order valence-electron chi connectivity index (χ1n) is 4.91. The Labute approximate surface area is 96.9 Å². The number of nitrogens with zero attached hydrogens (tertiary/aromatic N) is 2. The quantitative estimate of drug-likeness (QED) is 0.793. The SMILES string of the molecule is CCCCN(C)C(=O)c1cccnc1.Cl. The molecule has 0 saturated heterocycles. The van der Waals surface area contributed by atoms with Gasteiger partial charge >= 0.3 is 0 Å². The summed E-state index contributed by atoms with van der Waals surface area (Å²) in [5.41, 5.74) is 0.658. The highest BCUT2D eigenvalue weighted by Crippen LogP contribution is 2.02. The molecule has 0 unspecified atom stereocenters. The average molecular weight is 229 g/mol. The van der Waals surface area contributed by atoms with Crippen LogP contribution in [0.2, 0.25) is 0 Å². The predicted octanol–water partition coefficient (Wildman–Crippen LogP) is 2.38. The number of halogens is 1. The lowest BCUT2D eigenvalue weighted by Gasteiger charge is -2.16. The van der Waals surface area contributed by atoms with Gasteiger partial charge in [0, 0.05) is 26.0 Å². The fraction of sp³-hybridized carbons (Fsp3) is 0.455. The molecule has 3 nitrogen and oxygen atoms in total. The highest BCUT2D eigenvalue weighted by molar-refractivity contribution is 5.93. The van der Waals surface area contributed by atoms with Gasteiger partial charge in [0.15, 0.2) is 0 Å². The number of rotatable bonds is 4. The lowest BCUT2D eigenvalue weighted by Crippen LogP contribution is -2.27. The Morgan fingerprint density at radius 2 is 2.27 bits per heavy atom. The molecule has 0 radical (unpaired) electrons. The molecule has 0 bridgehead atoms. The van der Waals surface area contributed by atoms with Gasteiger partial charge in [-0.25, -0.2) is 0 Å². The van der Waals surface area contributed by atoms with Crippen LogP contribution in [-0.4, -0.2) is 29.4 Å². The Balaban J connectivity index is 0.00000196. The van der Waals surface area contributed by atoms with E-state index in [4.69, 9.17) is 0 Å². The number of pyridine rings is 1. The zero-order chi connectivity index (χ0) is 10.4. The summed E-state index contributed by atoms with van der Waals surface area (Å²) in [5.74, 6) is 0.0477. The summed E-state index contributed by atoms with van der Waals surface area (Å²) >= 11 is 0. The van der Waals surface area contributed by atoms with E-state index in [1.807, 2.05) is 7.05 Å². The van der Waals surface area contributed by atoms with Crippen molar-refractivity contribution in [1.29, 1.82) is 0 Å². The second kappa shape index (κ2) is 7.23. The lowest BCUT2D eigenvalue weighted by atomic mass is 10.2. The van der Waals surface area contributed by atoms with Crippen molar-refractivity contribution in [2.24, 2.45) is 0 Å². The maximum atomic E-state index is 11.7. The van der Waals surface area contributed by atoms with Crippen LogP contribution < -0.4 is 0 Å². The number of carbonyl (C=O) groups excluding carboxylic acids is 1. The van der Waals surface area contributed by atoms with Crippen LogP contribution in [0.4, 0.5) is 0 Å². The second-order valence-electron chi connectivity index (χ2n) is 3.32. The summed E-state index contributed by atoms with van der Waals surface area (Å²) in [4.78, 5) is 17.4. The predicted molar refractivity (Wildman–Crippen MR) is 63.4 cm³/mol. The smallest absolute Gasteiger partial charge is 0.255 e. The van der Waals surface area contributed by atoms with Gasteiger partial charge in [0.05, 0.1) is 5.56 Å². The van der Waals surface area contributed by atoms with Gasteiger partial charge in [-0.1, -0.05) is 13.3 Å². The van der Waals surface area contributed by atoms with Crippen LogP contribution >= 0.6 is 12.4 Å². The molecule has 0 aliphatic rings. The van der Waals surface area contributed by atoms with Gasteiger partial charge in [-0.05, 0) is 18.6 Å². The molecule has 15 heavy (non-hydrogen) atoms. The summed E-state index contributed by atoms with van der Waals surface area (Å²) in [6.07, 6.45) is 5.42. The second-order valence-corrected chi connectivity index (χ2v) is 3.32. The molecule has 0 spiro atoms. The Bertz CT molecular complexity index is 290.